The number of benzene rings is 1. The van der Waals surface area contributed by atoms with Crippen LogP contribution in [-0.2, 0) is 19.6 Å². The topological polar surface area (TPSA) is 84.5 Å². The largest absolute Gasteiger partial charge is 0.368 e. The number of amides is 1. The number of hydrogen-bond acceptors (Lipinski definition) is 4. The molecule has 8 heteroatoms. The molecule has 19 heavy (non-hydrogen) atoms. The fraction of sp³-hybridized carbons (Fsp3) is 0.364. The van der Waals surface area contributed by atoms with Crippen LogP contribution in [0.4, 0.5) is 0 Å². The van der Waals surface area contributed by atoms with Crippen LogP contribution in [0.2, 0.25) is 0 Å². The van der Waals surface area contributed by atoms with Gasteiger partial charge in [0.15, 0.2) is 0 Å². The van der Waals surface area contributed by atoms with E-state index in [0.717, 1.165) is 6.42 Å². The fourth-order valence-electron chi connectivity index (χ4n) is 1.68. The molecular weight excluding hydrogens is 336 g/mol. The van der Waals surface area contributed by atoms with E-state index in [1.807, 2.05) is 0 Å². The Kier molecular flexibility index (Phi) is 4.56. The smallest absolute Gasteiger partial charge is 0.264 e. The highest BCUT2D eigenvalue weighted by molar-refractivity contribution is 9.10. The van der Waals surface area contributed by atoms with Crippen molar-refractivity contribution >= 4 is 31.9 Å². The summed E-state index contributed by atoms with van der Waals surface area (Å²) in [5.41, 5.74) is 2.17. The van der Waals surface area contributed by atoms with E-state index in [-0.39, 0.29) is 4.90 Å². The fourth-order valence-corrected chi connectivity index (χ4v) is 3.12. The van der Waals surface area contributed by atoms with Crippen molar-refractivity contribution in [2.24, 2.45) is 0 Å². The molecule has 1 aliphatic heterocycles. The summed E-state index contributed by atoms with van der Waals surface area (Å²) in [7, 11) is -3.77. The molecule has 1 unspecified atom stereocenters. The maximum atomic E-state index is 11.9. The van der Waals surface area contributed by atoms with E-state index in [1.165, 1.54) is 12.1 Å². The van der Waals surface area contributed by atoms with Crippen molar-refractivity contribution in [3.05, 3.63) is 28.7 Å². The van der Waals surface area contributed by atoms with Crippen molar-refractivity contribution in [1.29, 1.82) is 0 Å². The minimum absolute atomic E-state index is 0.0644. The first-order valence-corrected chi connectivity index (χ1v) is 7.95. The van der Waals surface area contributed by atoms with Gasteiger partial charge in [0.2, 0.25) is 0 Å². The Morgan fingerprint density at radius 2 is 2.21 bits per heavy atom. The molecule has 2 rings (SSSR count). The van der Waals surface area contributed by atoms with Gasteiger partial charge in [0, 0.05) is 11.1 Å². The Balaban J connectivity index is 1.99. The standard InChI is InChI=1S/C11H13BrN2O4S/c12-8-3-1-4-9(7-8)19(16,17)14-13-11(15)10-5-2-6-18-10/h1,3-4,7,10,14H,2,5-6H2,(H,13,15). The summed E-state index contributed by atoms with van der Waals surface area (Å²) >= 11 is 3.19. The maximum absolute atomic E-state index is 11.9. The van der Waals surface area contributed by atoms with Gasteiger partial charge in [0.25, 0.3) is 15.9 Å². The zero-order valence-electron chi connectivity index (χ0n) is 9.93. The van der Waals surface area contributed by atoms with Gasteiger partial charge in [-0.05, 0) is 31.0 Å². The molecule has 104 valence electrons. The molecule has 0 aromatic heterocycles. The first kappa shape index (κ1) is 14.4. The van der Waals surface area contributed by atoms with Crippen LogP contribution < -0.4 is 10.3 Å². The third-order valence-electron chi connectivity index (χ3n) is 2.64. The highest BCUT2D eigenvalue weighted by Gasteiger charge is 2.25. The van der Waals surface area contributed by atoms with E-state index in [9.17, 15) is 13.2 Å². The van der Waals surface area contributed by atoms with Gasteiger partial charge >= 0.3 is 0 Å². The summed E-state index contributed by atoms with van der Waals surface area (Å²) in [6.45, 7) is 0.524. The number of carbonyl (C=O) groups is 1. The molecule has 0 bridgehead atoms. The zero-order chi connectivity index (χ0) is 13.9. The summed E-state index contributed by atoms with van der Waals surface area (Å²) in [6, 6.07) is 6.19. The molecule has 1 fully saturated rings. The SMILES string of the molecule is O=C(NNS(=O)(=O)c1cccc(Br)c1)C1CCCO1. The first-order valence-electron chi connectivity index (χ1n) is 5.68. The van der Waals surface area contributed by atoms with Gasteiger partial charge in [-0.25, -0.2) is 8.42 Å². The second-order valence-corrected chi connectivity index (χ2v) is 6.65. The van der Waals surface area contributed by atoms with E-state index < -0.39 is 22.0 Å². The van der Waals surface area contributed by atoms with Crippen LogP contribution in [0, 0.1) is 0 Å². The number of rotatable bonds is 4. The van der Waals surface area contributed by atoms with Gasteiger partial charge in [-0.3, -0.25) is 10.2 Å². The zero-order valence-corrected chi connectivity index (χ0v) is 12.3. The highest BCUT2D eigenvalue weighted by atomic mass is 79.9. The summed E-state index contributed by atoms with van der Waals surface area (Å²) in [5.74, 6) is -0.476. The monoisotopic (exact) mass is 348 g/mol. The van der Waals surface area contributed by atoms with E-state index in [2.05, 4.69) is 26.2 Å². The third-order valence-corrected chi connectivity index (χ3v) is 4.38. The van der Waals surface area contributed by atoms with E-state index in [4.69, 9.17) is 4.74 Å². The molecule has 1 aromatic carbocycles. The maximum Gasteiger partial charge on any atom is 0.264 e. The summed E-state index contributed by atoms with van der Waals surface area (Å²) in [5, 5.41) is 0. The second-order valence-electron chi connectivity index (χ2n) is 4.05. The molecular formula is C11H13BrN2O4S. The number of nitrogens with one attached hydrogen (secondary N) is 2. The minimum Gasteiger partial charge on any atom is -0.368 e. The molecule has 1 aromatic rings. The lowest BCUT2D eigenvalue weighted by molar-refractivity contribution is -0.130. The van der Waals surface area contributed by atoms with Crippen LogP contribution in [-0.4, -0.2) is 27.0 Å². The predicted molar refractivity (Wildman–Crippen MR) is 71.6 cm³/mol. The van der Waals surface area contributed by atoms with E-state index in [0.29, 0.717) is 17.5 Å². The van der Waals surface area contributed by atoms with Gasteiger partial charge in [-0.1, -0.05) is 22.0 Å². The lowest BCUT2D eigenvalue weighted by Crippen LogP contribution is -2.46. The van der Waals surface area contributed by atoms with Crippen molar-refractivity contribution in [3.8, 4) is 0 Å². The first-order chi connectivity index (χ1) is 8.99. The molecule has 0 spiro atoms. The molecule has 1 amide bonds. The van der Waals surface area contributed by atoms with Gasteiger partial charge in [-0.2, -0.15) is 0 Å². The molecule has 6 nitrogen and oxygen atoms in total. The van der Waals surface area contributed by atoms with Crippen LogP contribution in [0.1, 0.15) is 12.8 Å². The number of hydrogen-bond donors (Lipinski definition) is 2. The van der Waals surface area contributed by atoms with Crippen LogP contribution in [0.5, 0.6) is 0 Å². The number of hydrazine groups is 1. The van der Waals surface area contributed by atoms with Crippen LogP contribution >= 0.6 is 15.9 Å². The lowest BCUT2D eigenvalue weighted by atomic mass is 10.2. The van der Waals surface area contributed by atoms with Crippen molar-refractivity contribution < 1.29 is 17.9 Å². The molecule has 1 heterocycles. The number of carbonyl (C=O) groups excluding carboxylic acids is 1. The minimum atomic E-state index is -3.77. The Morgan fingerprint density at radius 1 is 1.42 bits per heavy atom. The average Bonchev–Trinajstić information content (AvgIpc) is 2.90. The molecule has 1 aliphatic rings. The molecule has 0 saturated carbocycles. The summed E-state index contributed by atoms with van der Waals surface area (Å²) in [4.78, 5) is 13.7. The Hall–Kier alpha value is -0.960. The third kappa shape index (κ3) is 3.75. The van der Waals surface area contributed by atoms with Crippen molar-refractivity contribution in [2.45, 2.75) is 23.8 Å². The highest BCUT2D eigenvalue weighted by Crippen LogP contribution is 2.15. The molecule has 1 atom stereocenters. The van der Waals surface area contributed by atoms with E-state index in [1.54, 1.807) is 12.1 Å². The van der Waals surface area contributed by atoms with Gasteiger partial charge in [-0.15, -0.1) is 4.83 Å². The van der Waals surface area contributed by atoms with Crippen molar-refractivity contribution in [1.82, 2.24) is 10.3 Å². The van der Waals surface area contributed by atoms with Crippen LogP contribution in [0.25, 0.3) is 0 Å². The Labute approximate surface area is 119 Å². The molecule has 1 saturated heterocycles. The van der Waals surface area contributed by atoms with Gasteiger partial charge in [0.1, 0.15) is 6.10 Å². The van der Waals surface area contributed by atoms with Crippen molar-refractivity contribution in [2.75, 3.05) is 6.61 Å². The average molecular weight is 349 g/mol. The van der Waals surface area contributed by atoms with Crippen LogP contribution in [0.15, 0.2) is 33.6 Å². The quantitative estimate of drug-likeness (QED) is 0.793. The van der Waals surface area contributed by atoms with Gasteiger partial charge < -0.3 is 4.74 Å². The van der Waals surface area contributed by atoms with Crippen molar-refractivity contribution in [3.63, 3.8) is 0 Å². The Morgan fingerprint density at radius 3 is 2.84 bits per heavy atom. The normalized spacial score (nSPS) is 19.3. The van der Waals surface area contributed by atoms with Gasteiger partial charge in [0.05, 0.1) is 4.90 Å². The predicted octanol–water partition coefficient (Wildman–Crippen LogP) is 0.938. The molecule has 0 aliphatic carbocycles. The van der Waals surface area contributed by atoms with E-state index >= 15 is 0 Å². The summed E-state index contributed by atoms with van der Waals surface area (Å²) in [6.07, 6.45) is 0.825. The number of ether oxygens (including phenoxy) is 1. The van der Waals surface area contributed by atoms with Crippen LogP contribution in [0.3, 0.4) is 0 Å². The number of halogens is 1. The molecule has 2 N–H and O–H groups in total. The second kappa shape index (κ2) is 6.00. The lowest BCUT2D eigenvalue weighted by Gasteiger charge is -2.11. The summed E-state index contributed by atoms with van der Waals surface area (Å²) < 4.78 is 29.6. The number of sulfonamides is 1. The molecule has 0 radical (unpaired) electrons. The Bertz CT molecular complexity index is 570.